The van der Waals surface area contributed by atoms with E-state index in [1.807, 2.05) is 35.9 Å². The molecule has 2 rings (SSSR count). The van der Waals surface area contributed by atoms with Crippen molar-refractivity contribution >= 4 is 5.69 Å². The number of anilines is 1. The number of aromatic nitrogens is 2. The average Bonchev–Trinajstić information content (AvgIpc) is 2.73. The zero-order chi connectivity index (χ0) is 15.6. The van der Waals surface area contributed by atoms with E-state index in [0.29, 0.717) is 0 Å². The van der Waals surface area contributed by atoms with E-state index in [1.54, 1.807) is 6.92 Å². The summed E-state index contributed by atoms with van der Waals surface area (Å²) >= 11 is 0. The number of aliphatic hydroxyl groups excluding tert-OH is 1. The van der Waals surface area contributed by atoms with Crippen LogP contribution in [0.5, 0.6) is 0 Å². The van der Waals surface area contributed by atoms with Gasteiger partial charge in [0.2, 0.25) is 0 Å². The van der Waals surface area contributed by atoms with Crippen molar-refractivity contribution in [3.05, 3.63) is 46.8 Å². The molecule has 0 aliphatic carbocycles. The number of nitrogens with zero attached hydrogens (tertiary/aromatic N) is 2. The predicted molar refractivity (Wildman–Crippen MR) is 86.5 cm³/mol. The number of para-hydroxylation sites is 1. The Morgan fingerprint density at radius 1 is 1.24 bits per heavy atom. The van der Waals surface area contributed by atoms with Crippen LogP contribution in [0, 0.1) is 13.8 Å². The van der Waals surface area contributed by atoms with Crippen molar-refractivity contribution in [1.82, 2.24) is 9.78 Å². The van der Waals surface area contributed by atoms with E-state index >= 15 is 0 Å². The zero-order valence-electron chi connectivity index (χ0n) is 13.5. The molecule has 2 unspecified atom stereocenters. The minimum absolute atomic E-state index is 0.144. The topological polar surface area (TPSA) is 50.1 Å². The molecule has 1 heterocycles. The van der Waals surface area contributed by atoms with Gasteiger partial charge in [-0.15, -0.1) is 0 Å². The van der Waals surface area contributed by atoms with E-state index in [4.69, 9.17) is 0 Å². The molecule has 0 radical (unpaired) electrons. The highest BCUT2D eigenvalue weighted by Gasteiger charge is 2.18. The maximum atomic E-state index is 9.88. The van der Waals surface area contributed by atoms with Crippen LogP contribution in [-0.2, 0) is 6.54 Å². The summed E-state index contributed by atoms with van der Waals surface area (Å²) in [5.74, 6) is 0. The first kappa shape index (κ1) is 15.6. The van der Waals surface area contributed by atoms with Gasteiger partial charge in [0.05, 0.1) is 17.8 Å². The van der Waals surface area contributed by atoms with Gasteiger partial charge in [0, 0.05) is 29.1 Å². The van der Waals surface area contributed by atoms with Crippen molar-refractivity contribution in [2.24, 2.45) is 0 Å². The Bertz CT molecular complexity index is 616. The second-order valence-corrected chi connectivity index (χ2v) is 5.53. The molecule has 0 fully saturated rings. The predicted octanol–water partition coefficient (Wildman–Crippen LogP) is 3.75. The summed E-state index contributed by atoms with van der Waals surface area (Å²) in [5.41, 5.74) is 5.39. The van der Waals surface area contributed by atoms with Gasteiger partial charge in [0.25, 0.3) is 0 Å². The van der Waals surface area contributed by atoms with E-state index < -0.39 is 6.10 Å². The third-order valence-corrected chi connectivity index (χ3v) is 3.95. The number of rotatable bonds is 5. The van der Waals surface area contributed by atoms with Gasteiger partial charge in [-0.05, 0) is 40.7 Å². The maximum Gasteiger partial charge on any atom is 0.0781 e. The first-order chi connectivity index (χ1) is 9.95. The number of nitrogens with one attached hydrogen (secondary N) is 1. The molecule has 4 heteroatoms. The SMILES string of the molecule is CCn1nc(C)c(C(C)Nc2ccccc2C(C)O)c1C. The molecule has 0 amide bonds. The number of aliphatic hydroxyl groups is 1. The van der Waals surface area contributed by atoms with E-state index in [0.717, 1.165) is 23.5 Å². The molecule has 0 aliphatic rings. The van der Waals surface area contributed by atoms with E-state index in [9.17, 15) is 5.11 Å². The highest BCUT2D eigenvalue weighted by Crippen LogP contribution is 2.29. The fourth-order valence-electron chi connectivity index (χ4n) is 2.94. The van der Waals surface area contributed by atoms with Crippen LogP contribution in [0.4, 0.5) is 5.69 Å². The number of aryl methyl sites for hydroxylation is 2. The molecule has 0 spiro atoms. The molecular formula is C17H25N3O. The molecule has 4 nitrogen and oxygen atoms in total. The Morgan fingerprint density at radius 3 is 2.48 bits per heavy atom. The molecule has 21 heavy (non-hydrogen) atoms. The summed E-state index contributed by atoms with van der Waals surface area (Å²) in [6.07, 6.45) is -0.485. The van der Waals surface area contributed by atoms with Gasteiger partial charge in [-0.3, -0.25) is 4.68 Å². The Labute approximate surface area is 126 Å². The molecule has 0 saturated carbocycles. The van der Waals surface area contributed by atoms with Crippen LogP contribution in [0.1, 0.15) is 55.4 Å². The summed E-state index contributed by atoms with van der Waals surface area (Å²) in [4.78, 5) is 0. The Hall–Kier alpha value is -1.81. The van der Waals surface area contributed by atoms with Gasteiger partial charge < -0.3 is 10.4 Å². The number of hydrogen-bond acceptors (Lipinski definition) is 3. The first-order valence-electron chi connectivity index (χ1n) is 7.53. The molecule has 114 valence electrons. The van der Waals surface area contributed by atoms with Gasteiger partial charge in [-0.2, -0.15) is 5.10 Å². The minimum atomic E-state index is -0.485. The lowest BCUT2D eigenvalue weighted by Gasteiger charge is -2.20. The lowest BCUT2D eigenvalue weighted by atomic mass is 10.0. The maximum absolute atomic E-state index is 9.88. The summed E-state index contributed by atoms with van der Waals surface area (Å²) in [5, 5.41) is 18.0. The second-order valence-electron chi connectivity index (χ2n) is 5.53. The van der Waals surface area contributed by atoms with Gasteiger partial charge in [0.15, 0.2) is 0 Å². The molecule has 1 aromatic carbocycles. The zero-order valence-corrected chi connectivity index (χ0v) is 13.5. The molecule has 2 aromatic rings. The molecule has 2 atom stereocenters. The van der Waals surface area contributed by atoms with Crippen LogP contribution >= 0.6 is 0 Å². The third kappa shape index (κ3) is 3.10. The molecular weight excluding hydrogens is 262 g/mol. The Kier molecular flexibility index (Phi) is 4.68. The summed E-state index contributed by atoms with van der Waals surface area (Å²) < 4.78 is 2.03. The lowest BCUT2D eigenvalue weighted by molar-refractivity contribution is 0.200. The van der Waals surface area contributed by atoms with Gasteiger partial charge in [-0.1, -0.05) is 18.2 Å². The molecule has 1 aromatic heterocycles. The third-order valence-electron chi connectivity index (χ3n) is 3.95. The lowest BCUT2D eigenvalue weighted by Crippen LogP contribution is -2.11. The highest BCUT2D eigenvalue weighted by molar-refractivity contribution is 5.54. The standard InChI is InChI=1S/C17H25N3O/c1-6-20-13(4)17(12(3)19-20)11(2)18-16-10-8-7-9-15(16)14(5)21/h7-11,14,18,21H,6H2,1-5H3. The van der Waals surface area contributed by atoms with Crippen molar-refractivity contribution in [3.63, 3.8) is 0 Å². The molecule has 0 saturated heterocycles. The molecule has 0 bridgehead atoms. The Balaban J connectivity index is 2.31. The fourth-order valence-corrected chi connectivity index (χ4v) is 2.94. The van der Waals surface area contributed by atoms with Crippen LogP contribution in [0.15, 0.2) is 24.3 Å². The summed E-state index contributed by atoms with van der Waals surface area (Å²) in [7, 11) is 0. The smallest absolute Gasteiger partial charge is 0.0781 e. The van der Waals surface area contributed by atoms with Gasteiger partial charge in [-0.25, -0.2) is 0 Å². The van der Waals surface area contributed by atoms with Crippen molar-refractivity contribution in [2.45, 2.75) is 53.3 Å². The fraction of sp³-hybridized carbons (Fsp3) is 0.471. The second kappa shape index (κ2) is 6.31. The van der Waals surface area contributed by atoms with Crippen LogP contribution in [-0.4, -0.2) is 14.9 Å². The summed E-state index contributed by atoms with van der Waals surface area (Å²) in [6.45, 7) is 11.1. The van der Waals surface area contributed by atoms with Gasteiger partial charge >= 0.3 is 0 Å². The Morgan fingerprint density at radius 2 is 1.90 bits per heavy atom. The van der Waals surface area contributed by atoms with Crippen LogP contribution in [0.25, 0.3) is 0 Å². The van der Waals surface area contributed by atoms with Crippen LogP contribution in [0.3, 0.4) is 0 Å². The number of benzene rings is 1. The monoisotopic (exact) mass is 287 g/mol. The van der Waals surface area contributed by atoms with Gasteiger partial charge in [0.1, 0.15) is 0 Å². The van der Waals surface area contributed by atoms with Crippen molar-refractivity contribution in [1.29, 1.82) is 0 Å². The molecule has 0 aliphatic heterocycles. The molecule has 2 N–H and O–H groups in total. The van der Waals surface area contributed by atoms with E-state index in [2.05, 4.69) is 31.2 Å². The normalized spacial score (nSPS) is 14.0. The van der Waals surface area contributed by atoms with Crippen molar-refractivity contribution in [3.8, 4) is 0 Å². The summed E-state index contributed by atoms with van der Waals surface area (Å²) in [6, 6.07) is 8.03. The first-order valence-corrected chi connectivity index (χ1v) is 7.53. The highest BCUT2D eigenvalue weighted by atomic mass is 16.3. The van der Waals surface area contributed by atoms with Crippen molar-refractivity contribution in [2.75, 3.05) is 5.32 Å². The van der Waals surface area contributed by atoms with E-state index in [-0.39, 0.29) is 6.04 Å². The quantitative estimate of drug-likeness (QED) is 0.880. The minimum Gasteiger partial charge on any atom is -0.389 e. The van der Waals surface area contributed by atoms with Crippen LogP contribution in [0.2, 0.25) is 0 Å². The van der Waals surface area contributed by atoms with Crippen LogP contribution < -0.4 is 5.32 Å². The van der Waals surface area contributed by atoms with E-state index in [1.165, 1.54) is 11.3 Å². The largest absolute Gasteiger partial charge is 0.389 e. The number of hydrogen-bond donors (Lipinski definition) is 2. The average molecular weight is 287 g/mol. The van der Waals surface area contributed by atoms with Crippen molar-refractivity contribution < 1.29 is 5.11 Å².